The molecule has 1 aliphatic rings. The fraction of sp³-hybridized carbons (Fsp3) is 0.375. The zero-order chi connectivity index (χ0) is 23.1. The molecule has 3 amide bonds. The molecule has 0 radical (unpaired) electrons. The lowest BCUT2D eigenvalue weighted by Crippen LogP contribution is -2.43. The summed E-state index contributed by atoms with van der Waals surface area (Å²) >= 11 is 0. The summed E-state index contributed by atoms with van der Waals surface area (Å²) in [5.74, 6) is 0.507. The van der Waals surface area contributed by atoms with Crippen LogP contribution < -0.4 is 14.8 Å². The Bertz CT molecular complexity index is 953. The first kappa shape index (κ1) is 23.1. The summed E-state index contributed by atoms with van der Waals surface area (Å²) < 4.78 is 10.9. The van der Waals surface area contributed by atoms with Gasteiger partial charge in [-0.05, 0) is 43.2 Å². The third-order valence-electron chi connectivity index (χ3n) is 5.43. The molecule has 1 heterocycles. The fourth-order valence-electron chi connectivity index (χ4n) is 3.58. The van der Waals surface area contributed by atoms with Crippen molar-refractivity contribution in [2.24, 2.45) is 5.92 Å². The normalized spacial score (nSPS) is 13.9. The summed E-state index contributed by atoms with van der Waals surface area (Å²) in [5.41, 5.74) is 0.921. The molecule has 0 bridgehead atoms. The van der Waals surface area contributed by atoms with Crippen molar-refractivity contribution in [2.45, 2.75) is 12.8 Å². The Labute approximate surface area is 188 Å². The number of carbonyl (C=O) groups is 3. The maximum atomic E-state index is 12.8. The quantitative estimate of drug-likeness (QED) is 0.717. The summed E-state index contributed by atoms with van der Waals surface area (Å²) in [6, 6.07) is 14.2. The van der Waals surface area contributed by atoms with Crippen molar-refractivity contribution in [1.82, 2.24) is 9.80 Å². The minimum absolute atomic E-state index is 0.0230. The molecule has 1 aliphatic heterocycles. The van der Waals surface area contributed by atoms with Crippen LogP contribution in [0, 0.1) is 5.92 Å². The summed E-state index contributed by atoms with van der Waals surface area (Å²) in [4.78, 5) is 40.7. The molecular weight excluding hydrogens is 410 g/mol. The van der Waals surface area contributed by atoms with E-state index in [0.717, 1.165) is 0 Å². The maximum Gasteiger partial charge on any atom is 0.260 e. The van der Waals surface area contributed by atoms with Gasteiger partial charge in [-0.1, -0.05) is 18.2 Å². The number of piperidine rings is 1. The van der Waals surface area contributed by atoms with Gasteiger partial charge in [0, 0.05) is 38.7 Å². The molecule has 1 saturated heterocycles. The molecule has 2 aromatic carbocycles. The number of carbonyl (C=O) groups excluding carboxylic acids is 3. The molecule has 32 heavy (non-hydrogen) atoms. The SMILES string of the molecule is COc1ccc(C(=O)N(C)C)cc1NC(=O)C1CCN(C(=O)COc2ccccc2)CC1. The summed E-state index contributed by atoms with van der Waals surface area (Å²) in [6.45, 7) is 0.960. The van der Waals surface area contributed by atoms with E-state index in [1.165, 1.54) is 12.0 Å². The Kier molecular flexibility index (Phi) is 7.70. The fourth-order valence-corrected chi connectivity index (χ4v) is 3.58. The van der Waals surface area contributed by atoms with Crippen molar-refractivity contribution >= 4 is 23.4 Å². The summed E-state index contributed by atoms with van der Waals surface area (Å²) in [7, 11) is 4.86. The van der Waals surface area contributed by atoms with E-state index in [4.69, 9.17) is 9.47 Å². The second-order valence-electron chi connectivity index (χ2n) is 7.86. The van der Waals surface area contributed by atoms with E-state index in [-0.39, 0.29) is 30.2 Å². The second kappa shape index (κ2) is 10.7. The zero-order valence-corrected chi connectivity index (χ0v) is 18.7. The van der Waals surface area contributed by atoms with E-state index in [2.05, 4.69) is 5.32 Å². The molecule has 1 N–H and O–H groups in total. The maximum absolute atomic E-state index is 12.8. The molecule has 0 aliphatic carbocycles. The van der Waals surface area contributed by atoms with Crippen molar-refractivity contribution in [3.8, 4) is 11.5 Å². The average Bonchev–Trinajstić information content (AvgIpc) is 2.82. The zero-order valence-electron chi connectivity index (χ0n) is 18.7. The van der Waals surface area contributed by atoms with Gasteiger partial charge < -0.3 is 24.6 Å². The third kappa shape index (κ3) is 5.78. The molecule has 0 unspecified atom stereocenters. The van der Waals surface area contributed by atoms with Gasteiger partial charge in [0.15, 0.2) is 6.61 Å². The Morgan fingerprint density at radius 1 is 1.06 bits per heavy atom. The summed E-state index contributed by atoms with van der Waals surface area (Å²) in [6.07, 6.45) is 1.11. The van der Waals surface area contributed by atoms with Crippen LogP contribution in [0.2, 0.25) is 0 Å². The molecule has 3 rings (SSSR count). The number of likely N-dealkylation sites (tertiary alicyclic amines) is 1. The van der Waals surface area contributed by atoms with Crippen molar-refractivity contribution < 1.29 is 23.9 Å². The number of nitrogens with zero attached hydrogens (tertiary/aromatic N) is 2. The van der Waals surface area contributed by atoms with Crippen molar-refractivity contribution in [3.63, 3.8) is 0 Å². The monoisotopic (exact) mass is 439 g/mol. The van der Waals surface area contributed by atoms with Crippen LogP contribution in [0.3, 0.4) is 0 Å². The van der Waals surface area contributed by atoms with Gasteiger partial charge in [0.25, 0.3) is 11.8 Å². The van der Waals surface area contributed by atoms with Gasteiger partial charge in [0.05, 0.1) is 12.8 Å². The summed E-state index contributed by atoms with van der Waals surface area (Å²) in [5, 5.41) is 2.89. The number of para-hydroxylation sites is 1. The van der Waals surface area contributed by atoms with E-state index in [1.54, 1.807) is 49.3 Å². The number of hydrogen-bond acceptors (Lipinski definition) is 5. The predicted octanol–water partition coefficient (Wildman–Crippen LogP) is 2.65. The van der Waals surface area contributed by atoms with Crippen LogP contribution in [0.15, 0.2) is 48.5 Å². The second-order valence-corrected chi connectivity index (χ2v) is 7.86. The van der Waals surface area contributed by atoms with Crippen LogP contribution in [0.25, 0.3) is 0 Å². The average molecular weight is 440 g/mol. The number of anilines is 1. The highest BCUT2D eigenvalue weighted by atomic mass is 16.5. The number of ether oxygens (including phenoxy) is 2. The van der Waals surface area contributed by atoms with Gasteiger partial charge in [0.1, 0.15) is 11.5 Å². The van der Waals surface area contributed by atoms with E-state index >= 15 is 0 Å². The highest BCUT2D eigenvalue weighted by Crippen LogP contribution is 2.28. The Hall–Kier alpha value is -3.55. The molecule has 0 spiro atoms. The molecule has 8 heteroatoms. The topological polar surface area (TPSA) is 88.2 Å². The van der Waals surface area contributed by atoms with Gasteiger partial charge in [0.2, 0.25) is 5.91 Å². The first-order valence-electron chi connectivity index (χ1n) is 10.5. The third-order valence-corrected chi connectivity index (χ3v) is 5.43. The van der Waals surface area contributed by atoms with E-state index in [1.807, 2.05) is 18.2 Å². The number of hydrogen-bond donors (Lipinski definition) is 1. The Morgan fingerprint density at radius 3 is 2.38 bits per heavy atom. The number of amides is 3. The number of benzene rings is 2. The van der Waals surface area contributed by atoms with E-state index < -0.39 is 0 Å². The van der Waals surface area contributed by atoms with Crippen molar-refractivity contribution in [3.05, 3.63) is 54.1 Å². The van der Waals surface area contributed by atoms with E-state index in [9.17, 15) is 14.4 Å². The van der Waals surface area contributed by atoms with Gasteiger partial charge in [-0.2, -0.15) is 0 Å². The van der Waals surface area contributed by atoms with Crippen LogP contribution >= 0.6 is 0 Å². The van der Waals surface area contributed by atoms with Gasteiger partial charge in [-0.25, -0.2) is 0 Å². The first-order valence-corrected chi connectivity index (χ1v) is 10.5. The van der Waals surface area contributed by atoms with Crippen molar-refractivity contribution in [2.75, 3.05) is 46.2 Å². The predicted molar refractivity (Wildman–Crippen MR) is 121 cm³/mol. The smallest absolute Gasteiger partial charge is 0.260 e. The van der Waals surface area contributed by atoms with Crippen LogP contribution in [-0.2, 0) is 9.59 Å². The van der Waals surface area contributed by atoms with Crippen LogP contribution in [0.4, 0.5) is 5.69 Å². The largest absolute Gasteiger partial charge is 0.495 e. The first-order chi connectivity index (χ1) is 15.4. The van der Waals surface area contributed by atoms with Crippen LogP contribution in [-0.4, -0.2) is 68.4 Å². The molecule has 8 nitrogen and oxygen atoms in total. The van der Waals surface area contributed by atoms with Gasteiger partial charge in [-0.3, -0.25) is 14.4 Å². The number of rotatable bonds is 7. The van der Waals surface area contributed by atoms with Crippen molar-refractivity contribution in [1.29, 1.82) is 0 Å². The lowest BCUT2D eigenvalue weighted by Gasteiger charge is -2.31. The highest BCUT2D eigenvalue weighted by Gasteiger charge is 2.28. The lowest BCUT2D eigenvalue weighted by molar-refractivity contribution is -0.136. The van der Waals surface area contributed by atoms with Gasteiger partial charge >= 0.3 is 0 Å². The molecule has 0 aromatic heterocycles. The van der Waals surface area contributed by atoms with E-state index in [0.29, 0.717) is 48.7 Å². The molecule has 170 valence electrons. The molecular formula is C24H29N3O5. The number of methoxy groups -OCH3 is 1. The molecule has 1 fully saturated rings. The number of nitrogens with one attached hydrogen (secondary N) is 1. The Balaban J connectivity index is 1.54. The minimum atomic E-state index is -0.230. The highest BCUT2D eigenvalue weighted by molar-refractivity contribution is 5.98. The molecule has 0 atom stereocenters. The molecule has 0 saturated carbocycles. The lowest BCUT2D eigenvalue weighted by atomic mass is 9.95. The Morgan fingerprint density at radius 2 is 1.75 bits per heavy atom. The van der Waals surface area contributed by atoms with Gasteiger partial charge in [-0.15, -0.1) is 0 Å². The molecule has 2 aromatic rings. The minimum Gasteiger partial charge on any atom is -0.495 e. The van der Waals surface area contributed by atoms with Crippen LogP contribution in [0.1, 0.15) is 23.2 Å². The standard InChI is InChI=1S/C24H29N3O5/c1-26(2)24(30)18-9-10-21(31-3)20(15-18)25-23(29)17-11-13-27(14-12-17)22(28)16-32-19-7-5-4-6-8-19/h4-10,15,17H,11-14,16H2,1-3H3,(H,25,29). The van der Waals surface area contributed by atoms with Crippen LogP contribution in [0.5, 0.6) is 11.5 Å².